The van der Waals surface area contributed by atoms with Crippen LogP contribution in [-0.4, -0.2) is 46.1 Å². The molecule has 0 aromatic heterocycles. The quantitative estimate of drug-likeness (QED) is 0.295. The van der Waals surface area contributed by atoms with Gasteiger partial charge < -0.3 is 9.84 Å². The van der Waals surface area contributed by atoms with E-state index >= 15 is 0 Å². The standard InChI is InChI=1S/C8H15NO7/c10-7(11)3-4-8(12)15-5-1-2-6-16-9(13)14/h13-14H,1-6H2,(H,10,11). The van der Waals surface area contributed by atoms with Gasteiger partial charge in [-0.3, -0.25) is 24.8 Å². The molecule has 8 heteroatoms. The lowest BCUT2D eigenvalue weighted by molar-refractivity contribution is -0.492. The average Bonchev–Trinajstić information content (AvgIpc) is 2.19. The Kier molecular flexibility index (Phi) is 8.35. The molecule has 94 valence electrons. The van der Waals surface area contributed by atoms with Crippen LogP contribution in [0.3, 0.4) is 0 Å². The van der Waals surface area contributed by atoms with E-state index < -0.39 is 17.3 Å². The van der Waals surface area contributed by atoms with Gasteiger partial charge in [0.05, 0.1) is 31.4 Å². The third kappa shape index (κ3) is 10.9. The molecule has 0 atom stereocenters. The molecule has 0 rings (SSSR count). The predicted octanol–water partition coefficient (Wildman–Crippen LogP) is 0.187. The van der Waals surface area contributed by atoms with Crippen LogP contribution >= 0.6 is 0 Å². The topological polar surface area (TPSA) is 117 Å². The smallest absolute Gasteiger partial charge is 0.306 e. The van der Waals surface area contributed by atoms with Crippen molar-refractivity contribution in [1.82, 2.24) is 5.39 Å². The van der Waals surface area contributed by atoms with Crippen molar-refractivity contribution in [2.75, 3.05) is 13.2 Å². The summed E-state index contributed by atoms with van der Waals surface area (Å²) in [6, 6.07) is 0. The molecular formula is C8H15NO7. The van der Waals surface area contributed by atoms with Crippen molar-refractivity contribution >= 4 is 11.9 Å². The summed E-state index contributed by atoms with van der Waals surface area (Å²) in [4.78, 5) is 25.2. The number of unbranched alkanes of at least 4 members (excludes halogenated alkanes) is 1. The first-order valence-corrected chi connectivity index (χ1v) is 4.70. The molecule has 0 amide bonds. The molecule has 0 fully saturated rings. The van der Waals surface area contributed by atoms with Crippen molar-refractivity contribution in [2.45, 2.75) is 25.7 Å². The summed E-state index contributed by atoms with van der Waals surface area (Å²) in [5, 5.41) is 24.2. The highest BCUT2D eigenvalue weighted by molar-refractivity contribution is 5.76. The molecule has 0 aliphatic heterocycles. The van der Waals surface area contributed by atoms with E-state index in [1.165, 1.54) is 0 Å². The van der Waals surface area contributed by atoms with Gasteiger partial charge in [-0.2, -0.15) is 0 Å². The number of hydrogen-bond donors (Lipinski definition) is 3. The van der Waals surface area contributed by atoms with Crippen molar-refractivity contribution in [3.63, 3.8) is 0 Å². The fraction of sp³-hybridized carbons (Fsp3) is 0.750. The minimum absolute atomic E-state index is 0.0830. The van der Waals surface area contributed by atoms with Crippen LogP contribution in [0.2, 0.25) is 0 Å². The Morgan fingerprint density at radius 2 is 1.69 bits per heavy atom. The molecule has 0 heterocycles. The summed E-state index contributed by atoms with van der Waals surface area (Å²) in [5.74, 6) is -1.61. The van der Waals surface area contributed by atoms with Crippen molar-refractivity contribution < 1.29 is 34.7 Å². The van der Waals surface area contributed by atoms with Crippen LogP contribution in [-0.2, 0) is 19.2 Å². The summed E-state index contributed by atoms with van der Waals surface area (Å²) in [5.41, 5.74) is 0. The minimum atomic E-state index is -1.05. The zero-order valence-electron chi connectivity index (χ0n) is 8.66. The SMILES string of the molecule is O=C(O)CCC(=O)OCCCCON(O)O. The highest BCUT2D eigenvalue weighted by atomic mass is 17.1. The van der Waals surface area contributed by atoms with E-state index in [-0.39, 0.29) is 26.1 Å². The molecule has 8 nitrogen and oxygen atoms in total. The van der Waals surface area contributed by atoms with Crippen LogP contribution < -0.4 is 0 Å². The van der Waals surface area contributed by atoms with Crippen molar-refractivity contribution in [3.8, 4) is 0 Å². The van der Waals surface area contributed by atoms with Crippen LogP contribution in [0.4, 0.5) is 0 Å². The number of carboxylic acid groups (broad SMARTS) is 1. The van der Waals surface area contributed by atoms with Crippen LogP contribution in [0.1, 0.15) is 25.7 Å². The Morgan fingerprint density at radius 3 is 2.25 bits per heavy atom. The second-order valence-corrected chi connectivity index (χ2v) is 2.91. The summed E-state index contributed by atoms with van der Waals surface area (Å²) in [6.45, 7) is 0.234. The lowest BCUT2D eigenvalue weighted by Crippen LogP contribution is -2.15. The zero-order chi connectivity index (χ0) is 12.4. The van der Waals surface area contributed by atoms with Crippen molar-refractivity contribution in [2.24, 2.45) is 0 Å². The molecule has 0 radical (unpaired) electrons. The number of carbonyl (C=O) groups is 2. The van der Waals surface area contributed by atoms with Gasteiger partial charge in [-0.1, -0.05) is 0 Å². The summed E-state index contributed by atoms with van der Waals surface area (Å²) in [6.07, 6.45) is 0.579. The number of carbonyl (C=O) groups excluding carboxylic acids is 1. The Bertz CT molecular complexity index is 218. The van der Waals surface area contributed by atoms with E-state index in [1.807, 2.05) is 0 Å². The molecule has 0 aliphatic rings. The lowest BCUT2D eigenvalue weighted by Gasteiger charge is -2.06. The fourth-order valence-corrected chi connectivity index (χ4v) is 0.817. The maximum Gasteiger partial charge on any atom is 0.306 e. The number of ether oxygens (including phenoxy) is 1. The Balaban J connectivity index is 3.24. The van der Waals surface area contributed by atoms with E-state index in [2.05, 4.69) is 4.84 Å². The molecule has 0 saturated heterocycles. The number of carboxylic acids is 1. The Morgan fingerprint density at radius 1 is 1.06 bits per heavy atom. The highest BCUT2D eigenvalue weighted by Crippen LogP contribution is 1.96. The first kappa shape index (κ1) is 14.8. The summed E-state index contributed by atoms with van der Waals surface area (Å²) >= 11 is 0. The maximum atomic E-state index is 10.9. The van der Waals surface area contributed by atoms with E-state index in [0.717, 1.165) is 0 Å². The van der Waals surface area contributed by atoms with Gasteiger partial charge in [0, 0.05) is 0 Å². The first-order chi connectivity index (χ1) is 7.52. The van der Waals surface area contributed by atoms with Crippen LogP contribution in [0.25, 0.3) is 0 Å². The molecule has 0 aromatic carbocycles. The molecule has 3 N–H and O–H groups in total. The zero-order valence-corrected chi connectivity index (χ0v) is 8.66. The van der Waals surface area contributed by atoms with E-state index in [4.69, 9.17) is 20.3 Å². The molecule has 0 aliphatic carbocycles. The van der Waals surface area contributed by atoms with Crippen LogP contribution in [0, 0.1) is 0 Å². The number of hydrogen-bond acceptors (Lipinski definition) is 7. The Hall–Kier alpha value is -1.22. The third-order valence-electron chi connectivity index (χ3n) is 1.55. The van der Waals surface area contributed by atoms with E-state index in [9.17, 15) is 9.59 Å². The third-order valence-corrected chi connectivity index (χ3v) is 1.55. The highest BCUT2D eigenvalue weighted by Gasteiger charge is 2.05. The summed E-state index contributed by atoms with van der Waals surface area (Å²) < 4.78 is 4.70. The number of nitrogens with zero attached hydrogens (tertiary/aromatic N) is 1. The van der Waals surface area contributed by atoms with Crippen molar-refractivity contribution in [3.05, 3.63) is 0 Å². The molecule has 0 bridgehead atoms. The minimum Gasteiger partial charge on any atom is -0.481 e. The van der Waals surface area contributed by atoms with Gasteiger partial charge in [0.1, 0.15) is 0 Å². The predicted molar refractivity (Wildman–Crippen MR) is 48.4 cm³/mol. The molecule has 0 unspecified atom stereocenters. The number of aliphatic carboxylic acids is 1. The second kappa shape index (κ2) is 9.04. The van der Waals surface area contributed by atoms with Crippen molar-refractivity contribution in [1.29, 1.82) is 0 Å². The Labute approximate surface area is 91.8 Å². The van der Waals surface area contributed by atoms with E-state index in [0.29, 0.717) is 12.8 Å². The average molecular weight is 237 g/mol. The van der Waals surface area contributed by atoms with Gasteiger partial charge >= 0.3 is 11.9 Å². The van der Waals surface area contributed by atoms with Gasteiger partial charge in [0.2, 0.25) is 0 Å². The molecule has 16 heavy (non-hydrogen) atoms. The van der Waals surface area contributed by atoms with Gasteiger partial charge in [0.25, 0.3) is 0 Å². The van der Waals surface area contributed by atoms with Crippen LogP contribution in [0.5, 0.6) is 0 Å². The largest absolute Gasteiger partial charge is 0.481 e. The van der Waals surface area contributed by atoms with Gasteiger partial charge in [-0.25, -0.2) is 0 Å². The molecular weight excluding hydrogens is 222 g/mol. The van der Waals surface area contributed by atoms with E-state index in [1.54, 1.807) is 0 Å². The fourth-order valence-electron chi connectivity index (χ4n) is 0.817. The first-order valence-electron chi connectivity index (χ1n) is 4.70. The second-order valence-electron chi connectivity index (χ2n) is 2.91. The lowest BCUT2D eigenvalue weighted by atomic mass is 10.3. The molecule has 0 saturated carbocycles. The maximum absolute atomic E-state index is 10.9. The van der Waals surface area contributed by atoms with Crippen LogP contribution in [0.15, 0.2) is 0 Å². The van der Waals surface area contributed by atoms with Gasteiger partial charge in [-0.15, -0.1) is 0 Å². The normalized spacial score (nSPS) is 10.4. The molecule has 0 spiro atoms. The number of esters is 1. The molecule has 0 aromatic rings. The van der Waals surface area contributed by atoms with Gasteiger partial charge in [-0.05, 0) is 12.8 Å². The summed E-state index contributed by atoms with van der Waals surface area (Å²) in [7, 11) is 0. The monoisotopic (exact) mass is 237 g/mol. The number of rotatable bonds is 9. The van der Waals surface area contributed by atoms with Gasteiger partial charge in [0.15, 0.2) is 0 Å².